The number of carbonyl (C=O) groups excluding carboxylic acids is 1. The first kappa shape index (κ1) is 23.9. The molecule has 0 bridgehead atoms. The summed E-state index contributed by atoms with van der Waals surface area (Å²) in [4.78, 5) is 25.8. The molecule has 1 aromatic heterocycles. The standard InChI is InChI=1S/C12H11Cl2NO.C6H4Cl2N2O2/c1-4-12(2,3)15-11(16)8-5-9(13)7-10(14)6-8;7-3-1-2(9)4(8)5(10-3)6(11)12/h1,5-7H,2-3H3,(H,15,16);1H,(H2,9,10)(H,11,12). The van der Waals surface area contributed by atoms with Crippen LogP contribution < -0.4 is 11.1 Å². The van der Waals surface area contributed by atoms with Crippen LogP contribution in [-0.4, -0.2) is 27.5 Å². The van der Waals surface area contributed by atoms with Crippen LogP contribution in [0.2, 0.25) is 20.2 Å². The van der Waals surface area contributed by atoms with Crippen LogP contribution in [0.4, 0.5) is 5.69 Å². The summed E-state index contributed by atoms with van der Waals surface area (Å²) in [6.45, 7) is 3.47. The van der Waals surface area contributed by atoms with Gasteiger partial charge in [0.2, 0.25) is 0 Å². The number of pyridine rings is 1. The second kappa shape index (κ2) is 9.85. The average molecular weight is 463 g/mol. The lowest BCUT2D eigenvalue weighted by Gasteiger charge is -2.19. The Hall–Kier alpha value is -2.17. The van der Waals surface area contributed by atoms with E-state index in [4.69, 9.17) is 63.7 Å². The number of hydrogen-bond donors (Lipinski definition) is 3. The number of carboxylic acid groups (broad SMARTS) is 1. The minimum atomic E-state index is -1.26. The molecular weight excluding hydrogens is 448 g/mol. The number of aromatic nitrogens is 1. The van der Waals surface area contributed by atoms with Crippen molar-refractivity contribution in [3.05, 3.63) is 55.7 Å². The van der Waals surface area contributed by atoms with Crippen LogP contribution in [0.15, 0.2) is 24.3 Å². The molecule has 0 fully saturated rings. The fourth-order valence-electron chi connectivity index (χ4n) is 1.74. The van der Waals surface area contributed by atoms with Gasteiger partial charge in [-0.05, 0) is 38.1 Å². The molecule has 148 valence electrons. The fourth-order valence-corrected chi connectivity index (χ4v) is 2.64. The quantitative estimate of drug-likeness (QED) is 0.448. The Morgan fingerprint density at radius 2 is 1.68 bits per heavy atom. The van der Waals surface area contributed by atoms with Gasteiger partial charge >= 0.3 is 5.97 Å². The van der Waals surface area contributed by atoms with Gasteiger partial charge in [0.15, 0.2) is 5.69 Å². The molecule has 6 nitrogen and oxygen atoms in total. The lowest BCUT2D eigenvalue weighted by atomic mass is 10.1. The van der Waals surface area contributed by atoms with E-state index in [1.807, 2.05) is 0 Å². The maximum atomic E-state index is 11.8. The summed E-state index contributed by atoms with van der Waals surface area (Å²) in [6.07, 6.45) is 5.28. The molecule has 1 aromatic carbocycles. The number of anilines is 1. The van der Waals surface area contributed by atoms with Crippen molar-refractivity contribution in [2.45, 2.75) is 19.4 Å². The van der Waals surface area contributed by atoms with Gasteiger partial charge in [-0.15, -0.1) is 6.42 Å². The highest BCUT2D eigenvalue weighted by Crippen LogP contribution is 2.24. The van der Waals surface area contributed by atoms with Crippen LogP contribution in [-0.2, 0) is 0 Å². The van der Waals surface area contributed by atoms with Gasteiger partial charge in [-0.3, -0.25) is 4.79 Å². The molecule has 2 aromatic rings. The highest BCUT2D eigenvalue weighted by atomic mass is 35.5. The predicted octanol–water partition coefficient (Wildman–Crippen LogP) is 4.80. The summed E-state index contributed by atoms with van der Waals surface area (Å²) in [5.74, 6) is 0.919. The molecule has 1 amide bonds. The van der Waals surface area contributed by atoms with Crippen LogP contribution in [0.3, 0.4) is 0 Å². The van der Waals surface area contributed by atoms with Gasteiger partial charge in [0.1, 0.15) is 5.15 Å². The Balaban J connectivity index is 0.000000292. The number of nitrogens with zero attached hydrogens (tertiary/aromatic N) is 1. The lowest BCUT2D eigenvalue weighted by molar-refractivity contribution is 0.0690. The van der Waals surface area contributed by atoms with Crippen LogP contribution in [0.5, 0.6) is 0 Å². The molecule has 0 aliphatic carbocycles. The first-order chi connectivity index (χ1) is 12.9. The van der Waals surface area contributed by atoms with E-state index in [1.165, 1.54) is 18.2 Å². The first-order valence-corrected chi connectivity index (χ1v) is 8.98. The number of carbonyl (C=O) groups is 2. The zero-order valence-corrected chi connectivity index (χ0v) is 17.7. The number of carboxylic acids is 1. The molecule has 1 heterocycles. The molecule has 0 unspecified atom stereocenters. The molecule has 0 saturated heterocycles. The van der Waals surface area contributed by atoms with Gasteiger partial charge in [-0.1, -0.05) is 52.3 Å². The van der Waals surface area contributed by atoms with Crippen LogP contribution in [0, 0.1) is 12.3 Å². The summed E-state index contributed by atoms with van der Waals surface area (Å²) in [6, 6.07) is 5.92. The van der Waals surface area contributed by atoms with Crippen molar-refractivity contribution in [3.63, 3.8) is 0 Å². The second-order valence-electron chi connectivity index (χ2n) is 5.88. The van der Waals surface area contributed by atoms with Crippen molar-refractivity contribution in [2.75, 3.05) is 5.73 Å². The van der Waals surface area contributed by atoms with Crippen LogP contribution in [0.1, 0.15) is 34.7 Å². The predicted molar refractivity (Wildman–Crippen MR) is 112 cm³/mol. The minimum Gasteiger partial charge on any atom is -0.476 e. The summed E-state index contributed by atoms with van der Waals surface area (Å²) < 4.78 is 0. The molecular formula is C18H15Cl4N3O3. The number of aromatic carboxylic acids is 1. The maximum Gasteiger partial charge on any atom is 0.356 e. The molecule has 10 heteroatoms. The normalized spacial score (nSPS) is 10.3. The third-order valence-electron chi connectivity index (χ3n) is 3.07. The number of nitrogens with one attached hydrogen (secondary N) is 1. The molecule has 0 aliphatic heterocycles. The molecule has 2 rings (SSSR count). The Morgan fingerprint density at radius 1 is 1.14 bits per heavy atom. The summed E-state index contributed by atoms with van der Waals surface area (Å²) in [7, 11) is 0. The first-order valence-electron chi connectivity index (χ1n) is 7.47. The van der Waals surface area contributed by atoms with Crippen molar-refractivity contribution in [3.8, 4) is 12.3 Å². The van der Waals surface area contributed by atoms with E-state index in [-0.39, 0.29) is 27.5 Å². The SMILES string of the molecule is C#CC(C)(C)NC(=O)c1cc(Cl)cc(Cl)c1.Nc1cc(Cl)nc(C(=O)O)c1Cl. The molecule has 0 saturated carbocycles. The molecule has 0 atom stereocenters. The van der Waals surface area contributed by atoms with Gasteiger partial charge < -0.3 is 16.2 Å². The number of nitrogen functional groups attached to an aromatic ring is 1. The smallest absolute Gasteiger partial charge is 0.356 e. The van der Waals surface area contributed by atoms with Crippen molar-refractivity contribution in [1.82, 2.24) is 10.3 Å². The number of terminal acetylenes is 1. The Labute approximate surface area is 181 Å². The van der Waals surface area contributed by atoms with Crippen molar-refractivity contribution in [2.24, 2.45) is 0 Å². The van der Waals surface area contributed by atoms with Gasteiger partial charge in [-0.25, -0.2) is 9.78 Å². The lowest BCUT2D eigenvalue weighted by Crippen LogP contribution is -2.42. The van der Waals surface area contributed by atoms with E-state index >= 15 is 0 Å². The largest absolute Gasteiger partial charge is 0.476 e. The van der Waals surface area contributed by atoms with Gasteiger partial charge in [0.05, 0.1) is 16.2 Å². The number of nitrogens with two attached hydrogens (primary N) is 1. The summed E-state index contributed by atoms with van der Waals surface area (Å²) in [5.41, 5.74) is 4.80. The maximum absolute atomic E-state index is 11.8. The Kier molecular flexibility index (Phi) is 8.40. The number of hydrogen-bond acceptors (Lipinski definition) is 4. The number of amides is 1. The van der Waals surface area contributed by atoms with Crippen molar-refractivity contribution >= 4 is 64.0 Å². The topological polar surface area (TPSA) is 105 Å². The van der Waals surface area contributed by atoms with E-state index in [1.54, 1.807) is 19.9 Å². The monoisotopic (exact) mass is 461 g/mol. The molecule has 0 aliphatic rings. The Bertz CT molecular complexity index is 936. The summed E-state index contributed by atoms with van der Waals surface area (Å²) in [5, 5.41) is 12.0. The number of rotatable bonds is 3. The van der Waals surface area contributed by atoms with Crippen molar-refractivity contribution < 1.29 is 14.7 Å². The zero-order chi connectivity index (χ0) is 21.6. The van der Waals surface area contributed by atoms with E-state index in [2.05, 4.69) is 16.2 Å². The van der Waals surface area contributed by atoms with E-state index < -0.39 is 11.5 Å². The second-order valence-corrected chi connectivity index (χ2v) is 7.52. The van der Waals surface area contributed by atoms with E-state index in [0.29, 0.717) is 15.6 Å². The number of benzene rings is 1. The highest BCUT2D eigenvalue weighted by molar-refractivity contribution is 6.37. The third kappa shape index (κ3) is 7.10. The van der Waals surface area contributed by atoms with Gasteiger partial charge in [0.25, 0.3) is 5.91 Å². The highest BCUT2D eigenvalue weighted by Gasteiger charge is 2.18. The molecule has 28 heavy (non-hydrogen) atoms. The minimum absolute atomic E-state index is 0.00861. The molecule has 0 spiro atoms. The van der Waals surface area contributed by atoms with Gasteiger partial charge in [0, 0.05) is 15.6 Å². The molecule has 0 radical (unpaired) electrons. The summed E-state index contributed by atoms with van der Waals surface area (Å²) >= 11 is 22.6. The Morgan fingerprint density at radius 3 is 2.14 bits per heavy atom. The van der Waals surface area contributed by atoms with Crippen LogP contribution >= 0.6 is 46.4 Å². The third-order valence-corrected chi connectivity index (χ3v) is 4.10. The fraction of sp³-hybridized carbons (Fsp3) is 0.167. The molecule has 4 N–H and O–H groups in total. The average Bonchev–Trinajstić information content (AvgIpc) is 2.57. The van der Waals surface area contributed by atoms with Gasteiger partial charge in [-0.2, -0.15) is 0 Å². The van der Waals surface area contributed by atoms with Crippen molar-refractivity contribution in [1.29, 1.82) is 0 Å². The number of halogens is 4. The van der Waals surface area contributed by atoms with E-state index in [9.17, 15) is 9.59 Å². The van der Waals surface area contributed by atoms with Crippen LogP contribution in [0.25, 0.3) is 0 Å². The zero-order valence-electron chi connectivity index (χ0n) is 14.7. The van der Waals surface area contributed by atoms with E-state index in [0.717, 1.165) is 0 Å².